The zero-order valence-electron chi connectivity index (χ0n) is 14.6. The number of halogens is 1. The van der Waals surface area contributed by atoms with E-state index < -0.39 is 11.8 Å². The van der Waals surface area contributed by atoms with Crippen molar-refractivity contribution in [1.82, 2.24) is 4.98 Å². The van der Waals surface area contributed by atoms with Gasteiger partial charge in [0, 0.05) is 18.1 Å². The van der Waals surface area contributed by atoms with Gasteiger partial charge in [-0.05, 0) is 30.2 Å². The molecule has 0 unspecified atom stereocenters. The normalized spacial score (nSPS) is 10.7. The number of ether oxygens (including phenoxy) is 2. The Morgan fingerprint density at radius 1 is 1.27 bits per heavy atom. The average molecular weight is 357 g/mol. The van der Waals surface area contributed by atoms with Crippen LogP contribution in [0.5, 0.6) is 5.75 Å². The lowest BCUT2D eigenvalue weighted by atomic mass is 10.1. The molecule has 3 aromatic rings. The van der Waals surface area contributed by atoms with E-state index in [-0.39, 0.29) is 11.4 Å². The number of benzene rings is 2. The molecule has 0 saturated carbocycles. The maximum absolute atomic E-state index is 14.3. The van der Waals surface area contributed by atoms with Gasteiger partial charge in [0.05, 0.1) is 36.7 Å². The number of hydrogen-bond donors (Lipinski definition) is 3. The molecule has 3 rings (SSSR count). The number of anilines is 2. The summed E-state index contributed by atoms with van der Waals surface area (Å²) in [6, 6.07) is 8.63. The quantitative estimate of drug-likeness (QED) is 0.465. The fraction of sp³-hybridized carbons (Fsp3) is 0.211. The van der Waals surface area contributed by atoms with Crippen LogP contribution in [-0.2, 0) is 11.2 Å². The summed E-state index contributed by atoms with van der Waals surface area (Å²) in [4.78, 5) is 15.0. The highest BCUT2D eigenvalue weighted by molar-refractivity contribution is 6.03. The summed E-state index contributed by atoms with van der Waals surface area (Å²) in [6.07, 6.45) is 2.48. The van der Waals surface area contributed by atoms with Crippen molar-refractivity contribution in [2.45, 2.75) is 6.42 Å². The van der Waals surface area contributed by atoms with Crippen LogP contribution in [0.3, 0.4) is 0 Å². The van der Waals surface area contributed by atoms with Gasteiger partial charge in [-0.2, -0.15) is 0 Å². The number of carbonyl (C=O) groups excluding carboxylic acids is 1. The number of para-hydroxylation sites is 1. The Bertz CT molecular complexity index is 953. The Kier molecular flexibility index (Phi) is 4.97. The van der Waals surface area contributed by atoms with Crippen LogP contribution < -0.4 is 15.8 Å². The molecular formula is C19H20FN3O3. The molecule has 0 aliphatic carbocycles. The molecule has 4 N–H and O–H groups in total. The molecule has 0 saturated heterocycles. The molecule has 1 heterocycles. The summed E-state index contributed by atoms with van der Waals surface area (Å²) in [5.74, 6) is -0.873. The first kappa shape index (κ1) is 17.6. The Hall–Kier alpha value is -3.22. The Labute approximate surface area is 150 Å². The molecule has 6 nitrogen and oxygen atoms in total. The molecule has 7 heteroatoms. The van der Waals surface area contributed by atoms with Crippen LogP contribution in [0, 0.1) is 5.82 Å². The topological polar surface area (TPSA) is 89.4 Å². The summed E-state index contributed by atoms with van der Waals surface area (Å²) in [5.41, 5.74) is 8.49. The van der Waals surface area contributed by atoms with Crippen molar-refractivity contribution in [2.75, 3.05) is 31.8 Å². The second kappa shape index (κ2) is 7.35. The van der Waals surface area contributed by atoms with E-state index in [0.717, 1.165) is 16.5 Å². The summed E-state index contributed by atoms with van der Waals surface area (Å²) >= 11 is 0. The fourth-order valence-corrected chi connectivity index (χ4v) is 2.95. The number of nitrogens with one attached hydrogen (secondary N) is 2. The molecule has 0 fully saturated rings. The zero-order chi connectivity index (χ0) is 18.7. The van der Waals surface area contributed by atoms with Crippen LogP contribution >= 0.6 is 0 Å². The molecule has 0 aliphatic heterocycles. The van der Waals surface area contributed by atoms with Gasteiger partial charge >= 0.3 is 5.97 Å². The summed E-state index contributed by atoms with van der Waals surface area (Å²) in [6.45, 7) is 0.499. The van der Waals surface area contributed by atoms with Gasteiger partial charge in [0.25, 0.3) is 0 Å². The van der Waals surface area contributed by atoms with Gasteiger partial charge in [0.15, 0.2) is 11.6 Å². The highest BCUT2D eigenvalue weighted by atomic mass is 19.1. The molecule has 1 aromatic heterocycles. The van der Waals surface area contributed by atoms with Crippen molar-refractivity contribution >= 4 is 28.2 Å². The van der Waals surface area contributed by atoms with Crippen LogP contribution in [-0.4, -0.2) is 31.7 Å². The third-order valence-electron chi connectivity index (χ3n) is 4.25. The SMILES string of the molecule is COC(=O)c1cccc2c(CCNc3ccc(N)c(OC)c3F)c[nH]c12. The molecule has 0 atom stereocenters. The van der Waals surface area contributed by atoms with E-state index in [0.29, 0.717) is 24.2 Å². The fourth-order valence-electron chi connectivity index (χ4n) is 2.95. The number of H-pyrrole nitrogens is 1. The third kappa shape index (κ3) is 3.15. The molecule has 0 amide bonds. The van der Waals surface area contributed by atoms with Gasteiger partial charge in [-0.1, -0.05) is 12.1 Å². The van der Waals surface area contributed by atoms with Gasteiger partial charge in [0.1, 0.15) is 0 Å². The van der Waals surface area contributed by atoms with E-state index >= 15 is 0 Å². The molecule has 0 bridgehead atoms. The summed E-state index contributed by atoms with van der Waals surface area (Å²) in [7, 11) is 2.73. The lowest BCUT2D eigenvalue weighted by Gasteiger charge is -2.12. The standard InChI is InChI=1S/C19H20FN3O3/c1-25-18-14(21)6-7-15(16(18)20)22-9-8-11-10-23-17-12(11)4-3-5-13(17)19(24)26-2/h3-7,10,22-23H,8-9,21H2,1-2H3. The van der Waals surface area contributed by atoms with Crippen LogP contribution in [0.15, 0.2) is 36.5 Å². The number of aromatic nitrogens is 1. The van der Waals surface area contributed by atoms with Crippen molar-refractivity contribution in [3.05, 3.63) is 53.5 Å². The first-order chi connectivity index (χ1) is 12.6. The van der Waals surface area contributed by atoms with Crippen LogP contribution in [0.25, 0.3) is 10.9 Å². The minimum absolute atomic E-state index is 0.0322. The lowest BCUT2D eigenvalue weighted by molar-refractivity contribution is 0.0603. The molecule has 26 heavy (non-hydrogen) atoms. The van der Waals surface area contributed by atoms with E-state index in [1.165, 1.54) is 14.2 Å². The number of rotatable bonds is 6. The number of hydrogen-bond acceptors (Lipinski definition) is 5. The maximum atomic E-state index is 14.3. The summed E-state index contributed by atoms with van der Waals surface area (Å²) in [5, 5.41) is 3.99. The van der Waals surface area contributed by atoms with Crippen molar-refractivity contribution in [3.63, 3.8) is 0 Å². The number of esters is 1. The predicted molar refractivity (Wildman–Crippen MR) is 99.2 cm³/mol. The maximum Gasteiger partial charge on any atom is 0.339 e. The van der Waals surface area contributed by atoms with Gasteiger partial charge < -0.3 is 25.5 Å². The van der Waals surface area contributed by atoms with Crippen molar-refractivity contribution < 1.29 is 18.7 Å². The molecule has 2 aromatic carbocycles. The molecule has 0 radical (unpaired) electrons. The van der Waals surface area contributed by atoms with Gasteiger partial charge in [-0.15, -0.1) is 0 Å². The average Bonchev–Trinajstić information content (AvgIpc) is 3.06. The monoisotopic (exact) mass is 357 g/mol. The first-order valence-corrected chi connectivity index (χ1v) is 8.10. The van der Waals surface area contributed by atoms with E-state index in [2.05, 4.69) is 10.3 Å². The number of methoxy groups -OCH3 is 2. The van der Waals surface area contributed by atoms with E-state index in [1.807, 2.05) is 18.3 Å². The highest BCUT2D eigenvalue weighted by Crippen LogP contribution is 2.30. The highest BCUT2D eigenvalue weighted by Gasteiger charge is 2.14. The van der Waals surface area contributed by atoms with Crippen LogP contribution in [0.2, 0.25) is 0 Å². The molecule has 136 valence electrons. The summed E-state index contributed by atoms with van der Waals surface area (Å²) < 4.78 is 24.1. The van der Waals surface area contributed by atoms with Crippen molar-refractivity contribution in [1.29, 1.82) is 0 Å². The van der Waals surface area contributed by atoms with Gasteiger partial charge in [0.2, 0.25) is 0 Å². The number of aromatic amines is 1. The van der Waals surface area contributed by atoms with Crippen LogP contribution in [0.1, 0.15) is 15.9 Å². The Balaban J connectivity index is 1.76. The predicted octanol–water partition coefficient (Wildman–Crippen LogP) is 3.34. The minimum Gasteiger partial charge on any atom is -0.492 e. The van der Waals surface area contributed by atoms with Crippen molar-refractivity contribution in [3.8, 4) is 5.75 Å². The van der Waals surface area contributed by atoms with Gasteiger partial charge in [-0.25, -0.2) is 9.18 Å². The minimum atomic E-state index is -0.514. The van der Waals surface area contributed by atoms with E-state index in [1.54, 1.807) is 18.2 Å². The van der Waals surface area contributed by atoms with E-state index in [9.17, 15) is 9.18 Å². The van der Waals surface area contributed by atoms with Gasteiger partial charge in [-0.3, -0.25) is 0 Å². The second-order valence-corrected chi connectivity index (χ2v) is 5.76. The van der Waals surface area contributed by atoms with E-state index in [4.69, 9.17) is 15.2 Å². The number of nitrogens with two attached hydrogens (primary N) is 1. The largest absolute Gasteiger partial charge is 0.492 e. The smallest absolute Gasteiger partial charge is 0.339 e. The Morgan fingerprint density at radius 2 is 2.08 bits per heavy atom. The van der Waals surface area contributed by atoms with Crippen molar-refractivity contribution in [2.24, 2.45) is 0 Å². The second-order valence-electron chi connectivity index (χ2n) is 5.76. The number of nitrogen functional groups attached to an aromatic ring is 1. The number of fused-ring (bicyclic) bond motifs is 1. The van der Waals surface area contributed by atoms with Crippen LogP contribution in [0.4, 0.5) is 15.8 Å². The third-order valence-corrected chi connectivity index (χ3v) is 4.25. The molecular weight excluding hydrogens is 337 g/mol. The first-order valence-electron chi connectivity index (χ1n) is 8.10. The zero-order valence-corrected chi connectivity index (χ0v) is 14.6. The molecule has 0 spiro atoms. The molecule has 0 aliphatic rings. The lowest BCUT2D eigenvalue weighted by Crippen LogP contribution is -2.07. The Morgan fingerprint density at radius 3 is 2.81 bits per heavy atom. The number of carbonyl (C=O) groups is 1.